The van der Waals surface area contributed by atoms with Crippen LogP contribution in [0.15, 0.2) is 0 Å². The number of hydrogen-bond acceptors (Lipinski definition) is 3. The van der Waals surface area contributed by atoms with Crippen LogP contribution >= 0.6 is 0 Å². The van der Waals surface area contributed by atoms with Crippen molar-refractivity contribution in [2.45, 2.75) is 80.4 Å². The molecule has 0 fully saturated rings. The molecule has 4 aromatic rings. The predicted molar refractivity (Wildman–Crippen MR) is 127 cm³/mol. The fourth-order valence-electron chi connectivity index (χ4n) is 7.45. The van der Waals surface area contributed by atoms with Gasteiger partial charge in [-0.2, -0.15) is 15.3 Å². The number of aryl methyl sites for hydroxylation is 6. The minimum Gasteiger partial charge on any atom is -0.257 e. The summed E-state index contributed by atoms with van der Waals surface area (Å²) in [6.07, 6.45) is 0. The van der Waals surface area contributed by atoms with Crippen LogP contribution in [-0.2, 0) is 0 Å². The largest absolute Gasteiger partial charge is 0.257 e. The van der Waals surface area contributed by atoms with Gasteiger partial charge in [-0.3, -0.25) is 14.0 Å². The Balaban J connectivity index is 1.50. The van der Waals surface area contributed by atoms with Crippen molar-refractivity contribution in [3.8, 4) is 0 Å². The quantitative estimate of drug-likeness (QED) is 0.394. The van der Waals surface area contributed by atoms with Crippen LogP contribution < -0.4 is 0 Å². The van der Waals surface area contributed by atoms with E-state index in [2.05, 4.69) is 76.4 Å². The molecule has 0 amide bonds. The molecule has 33 heavy (non-hydrogen) atoms. The highest BCUT2D eigenvalue weighted by Gasteiger charge is 2.45. The molecule has 6 bridgehead atoms. The van der Waals surface area contributed by atoms with Gasteiger partial charge in [0, 0.05) is 33.8 Å². The zero-order valence-electron chi connectivity index (χ0n) is 20.9. The van der Waals surface area contributed by atoms with Gasteiger partial charge >= 0.3 is 0 Å². The zero-order valence-corrected chi connectivity index (χ0v) is 20.9. The number of benzene rings is 1. The molecule has 10 rings (SSSR count). The lowest BCUT2D eigenvalue weighted by molar-refractivity contribution is 0.507. The number of hydrogen-bond donors (Lipinski definition) is 0. The third-order valence-electron chi connectivity index (χ3n) is 8.94. The van der Waals surface area contributed by atoms with Crippen LogP contribution in [0.25, 0.3) is 0 Å². The normalized spacial score (nSPS) is 21.2. The number of aromatic nitrogens is 6. The predicted octanol–water partition coefficient (Wildman–Crippen LogP) is 4.91. The summed E-state index contributed by atoms with van der Waals surface area (Å²) >= 11 is 0. The summed E-state index contributed by atoms with van der Waals surface area (Å²) < 4.78 is 6.69. The van der Waals surface area contributed by atoms with Crippen LogP contribution in [0.1, 0.15) is 102 Å². The molecule has 6 nitrogen and oxygen atoms in total. The van der Waals surface area contributed by atoms with E-state index in [1.54, 1.807) is 0 Å². The van der Waals surface area contributed by atoms with Crippen LogP contribution in [0, 0.1) is 62.3 Å². The standard InChI is InChI=1S/C27H30N6/c1-10-19(25-22-13(4)28-31(25)16(22)7)11(2)21(27-24-15(6)30-33(27)18(24)9)12(3)20(10)26-23-14(5)29-32(26)17(23)8/h25-27H,1-9H3. The third-order valence-corrected chi connectivity index (χ3v) is 8.94. The lowest BCUT2D eigenvalue weighted by Gasteiger charge is -2.38. The summed E-state index contributed by atoms with van der Waals surface area (Å²) in [5, 5.41) is 14.5. The Morgan fingerprint density at radius 3 is 0.788 bits per heavy atom. The van der Waals surface area contributed by atoms with Crippen molar-refractivity contribution in [3.05, 3.63) is 84.2 Å². The molecule has 168 valence electrons. The SMILES string of the molecule is Cc1nn2c(C)c1C2c1c(C)c(C2c3c(C)nn2c3C)c(C)c(C2c3c(C)nn2c3C)c1C. The van der Waals surface area contributed by atoms with Gasteiger partial charge in [0.2, 0.25) is 0 Å². The van der Waals surface area contributed by atoms with E-state index in [1.165, 1.54) is 67.2 Å². The van der Waals surface area contributed by atoms with Crippen molar-refractivity contribution >= 4 is 0 Å². The van der Waals surface area contributed by atoms with Gasteiger partial charge in [0.15, 0.2) is 0 Å². The van der Waals surface area contributed by atoms with E-state index in [0.29, 0.717) is 0 Å². The molecule has 0 N–H and O–H groups in total. The summed E-state index contributed by atoms with van der Waals surface area (Å²) in [5.41, 5.74) is 20.1. The Kier molecular flexibility index (Phi) is 3.32. The molecular weight excluding hydrogens is 408 g/mol. The van der Waals surface area contributed by atoms with Gasteiger partial charge in [-0.15, -0.1) is 0 Å². The molecule has 0 spiro atoms. The lowest BCUT2D eigenvalue weighted by atomic mass is 9.74. The number of fused-ring (bicyclic) bond motifs is 3. The van der Waals surface area contributed by atoms with Crippen LogP contribution in [0.5, 0.6) is 0 Å². The molecule has 0 radical (unpaired) electrons. The van der Waals surface area contributed by atoms with Crippen molar-refractivity contribution in [2.75, 3.05) is 0 Å². The van der Waals surface area contributed by atoms with Crippen molar-refractivity contribution in [1.82, 2.24) is 29.3 Å². The maximum atomic E-state index is 4.85. The minimum absolute atomic E-state index is 0.234. The minimum atomic E-state index is 0.234. The molecule has 3 atom stereocenters. The van der Waals surface area contributed by atoms with Crippen LogP contribution in [0.2, 0.25) is 0 Å². The molecule has 6 aliphatic heterocycles. The first kappa shape index (κ1) is 19.3. The Bertz CT molecular complexity index is 1350. The topological polar surface area (TPSA) is 53.5 Å². The Morgan fingerprint density at radius 2 is 0.636 bits per heavy atom. The molecule has 6 aliphatic rings. The molecule has 0 aliphatic carbocycles. The highest BCUT2D eigenvalue weighted by molar-refractivity contribution is 5.64. The van der Waals surface area contributed by atoms with Crippen molar-refractivity contribution in [1.29, 1.82) is 0 Å². The summed E-state index contributed by atoms with van der Waals surface area (Å²) in [4.78, 5) is 0. The summed E-state index contributed by atoms with van der Waals surface area (Å²) in [5.74, 6) is 0. The van der Waals surface area contributed by atoms with Gasteiger partial charge in [0.05, 0.1) is 17.1 Å². The first-order valence-electron chi connectivity index (χ1n) is 11.9. The molecule has 0 saturated heterocycles. The maximum absolute atomic E-state index is 4.85. The van der Waals surface area contributed by atoms with E-state index in [-0.39, 0.29) is 18.1 Å². The van der Waals surface area contributed by atoms with Gasteiger partial charge < -0.3 is 0 Å². The zero-order chi connectivity index (χ0) is 23.2. The van der Waals surface area contributed by atoms with E-state index in [9.17, 15) is 0 Å². The van der Waals surface area contributed by atoms with Crippen molar-refractivity contribution < 1.29 is 0 Å². The molecule has 1 aromatic carbocycles. The molecule has 3 aromatic heterocycles. The van der Waals surface area contributed by atoms with E-state index >= 15 is 0 Å². The molecule has 6 heteroatoms. The third kappa shape index (κ3) is 1.89. The highest BCUT2D eigenvalue weighted by Crippen LogP contribution is 2.53. The van der Waals surface area contributed by atoms with Crippen molar-refractivity contribution in [2.24, 2.45) is 0 Å². The number of nitrogens with zero attached hydrogens (tertiary/aromatic N) is 6. The van der Waals surface area contributed by atoms with Crippen LogP contribution in [-0.4, -0.2) is 29.3 Å². The van der Waals surface area contributed by atoms with E-state index in [4.69, 9.17) is 15.3 Å². The van der Waals surface area contributed by atoms with E-state index < -0.39 is 0 Å². The fourth-order valence-corrected chi connectivity index (χ4v) is 7.45. The van der Waals surface area contributed by atoms with Crippen molar-refractivity contribution in [3.63, 3.8) is 0 Å². The van der Waals surface area contributed by atoms with E-state index in [0.717, 1.165) is 17.1 Å². The fraction of sp³-hybridized carbons (Fsp3) is 0.444. The number of rotatable bonds is 3. The second-order valence-corrected chi connectivity index (χ2v) is 10.4. The highest BCUT2D eigenvalue weighted by atomic mass is 15.4. The Labute approximate surface area is 194 Å². The smallest absolute Gasteiger partial charge is 0.106 e. The monoisotopic (exact) mass is 438 g/mol. The van der Waals surface area contributed by atoms with Gasteiger partial charge in [-0.25, -0.2) is 0 Å². The molecule has 3 unspecified atom stereocenters. The second-order valence-electron chi connectivity index (χ2n) is 10.4. The van der Waals surface area contributed by atoms with Gasteiger partial charge in [0.1, 0.15) is 18.1 Å². The first-order valence-corrected chi connectivity index (χ1v) is 11.9. The second kappa shape index (κ2) is 5.66. The van der Waals surface area contributed by atoms with Gasteiger partial charge in [-0.1, -0.05) is 0 Å². The Hall–Kier alpha value is -3.15. The van der Waals surface area contributed by atoms with Crippen LogP contribution in [0.4, 0.5) is 0 Å². The summed E-state index contributed by atoms with van der Waals surface area (Å²) in [7, 11) is 0. The summed E-state index contributed by atoms with van der Waals surface area (Å²) in [6, 6.07) is 0.702. The maximum Gasteiger partial charge on any atom is 0.106 e. The van der Waals surface area contributed by atoms with Gasteiger partial charge in [0.25, 0.3) is 0 Å². The van der Waals surface area contributed by atoms with Gasteiger partial charge in [-0.05, 0) is 95.7 Å². The molecule has 9 heterocycles. The molecule has 0 saturated carbocycles. The van der Waals surface area contributed by atoms with E-state index in [1.807, 2.05) is 0 Å². The first-order chi connectivity index (χ1) is 15.6. The average molecular weight is 439 g/mol. The molecular formula is C27H30N6. The van der Waals surface area contributed by atoms with Crippen LogP contribution in [0.3, 0.4) is 0 Å². The Morgan fingerprint density at radius 1 is 0.394 bits per heavy atom. The summed E-state index contributed by atoms with van der Waals surface area (Å²) in [6.45, 7) is 20.0. The average Bonchev–Trinajstić information content (AvgIpc) is 3.56. The lowest BCUT2D eigenvalue weighted by Crippen LogP contribution is -2.31.